The topological polar surface area (TPSA) is 89.6 Å². The minimum Gasteiger partial charge on any atom is -0.450 e. The van der Waals surface area contributed by atoms with Crippen molar-refractivity contribution in [3.05, 3.63) is 28.5 Å². The van der Waals surface area contributed by atoms with Crippen LogP contribution in [-0.2, 0) is 9.47 Å². The summed E-state index contributed by atoms with van der Waals surface area (Å²) in [6.07, 6.45) is 1.03. The highest BCUT2D eigenvalue weighted by molar-refractivity contribution is 9.10. The second-order valence-electron chi connectivity index (χ2n) is 3.60. The number of aromatic nitrogens is 1. The number of carbonyl (C=O) groups is 2. The molecule has 0 saturated carbocycles. The lowest BCUT2D eigenvalue weighted by atomic mass is 10.2. The highest BCUT2D eigenvalue weighted by Crippen LogP contribution is 2.15. The third-order valence-electron chi connectivity index (χ3n) is 2.13. The molecule has 0 unspecified atom stereocenters. The van der Waals surface area contributed by atoms with Gasteiger partial charge >= 0.3 is 12.2 Å². The largest absolute Gasteiger partial charge is 0.450 e. The molecule has 1 aromatic rings. The van der Waals surface area contributed by atoms with Gasteiger partial charge in [-0.05, 0) is 35.8 Å². The van der Waals surface area contributed by atoms with Crippen molar-refractivity contribution >= 4 is 28.1 Å². The van der Waals surface area contributed by atoms with Crippen LogP contribution in [-0.4, -0.2) is 30.4 Å². The molecule has 20 heavy (non-hydrogen) atoms. The number of hydrogen-bond acceptors (Lipinski definition) is 5. The van der Waals surface area contributed by atoms with E-state index in [-0.39, 0.29) is 13.2 Å². The number of nitrogens with zero attached hydrogens (tertiary/aromatic N) is 1. The summed E-state index contributed by atoms with van der Waals surface area (Å²) >= 11 is 3.27. The van der Waals surface area contributed by atoms with Gasteiger partial charge in [0.2, 0.25) is 0 Å². The summed E-state index contributed by atoms with van der Waals surface area (Å²) < 4.78 is 10.3. The van der Waals surface area contributed by atoms with Gasteiger partial charge in [0.1, 0.15) is 6.17 Å². The molecule has 0 atom stereocenters. The van der Waals surface area contributed by atoms with Crippen LogP contribution in [0.2, 0.25) is 0 Å². The summed E-state index contributed by atoms with van der Waals surface area (Å²) in [5.74, 6) is 0. The van der Waals surface area contributed by atoms with Gasteiger partial charge in [-0.25, -0.2) is 9.59 Å². The molecule has 1 heterocycles. The fourth-order valence-electron chi connectivity index (χ4n) is 1.37. The number of halogens is 1. The number of rotatable bonds is 5. The quantitative estimate of drug-likeness (QED) is 0.799. The summed E-state index contributed by atoms with van der Waals surface area (Å²) in [5.41, 5.74) is 0.584. The first-order valence-corrected chi connectivity index (χ1v) is 6.83. The molecule has 0 bridgehead atoms. The van der Waals surface area contributed by atoms with Crippen molar-refractivity contribution < 1.29 is 19.1 Å². The Morgan fingerprint density at radius 1 is 1.20 bits per heavy atom. The van der Waals surface area contributed by atoms with Crippen LogP contribution in [0.5, 0.6) is 0 Å². The average Bonchev–Trinajstić information content (AvgIpc) is 2.38. The molecular weight excluding hydrogens is 330 g/mol. The predicted molar refractivity (Wildman–Crippen MR) is 75.0 cm³/mol. The van der Waals surface area contributed by atoms with E-state index in [0.29, 0.717) is 5.56 Å². The molecule has 0 aliphatic rings. The van der Waals surface area contributed by atoms with Crippen molar-refractivity contribution in [2.75, 3.05) is 13.2 Å². The van der Waals surface area contributed by atoms with Gasteiger partial charge in [0.15, 0.2) is 0 Å². The normalized spacial score (nSPS) is 10.0. The molecule has 2 amide bonds. The maximum atomic E-state index is 11.5. The van der Waals surface area contributed by atoms with Gasteiger partial charge in [-0.2, -0.15) is 0 Å². The number of nitrogens with one attached hydrogen (secondary N) is 2. The van der Waals surface area contributed by atoms with Crippen LogP contribution in [0.25, 0.3) is 0 Å². The molecule has 0 fully saturated rings. The minimum atomic E-state index is -0.793. The van der Waals surface area contributed by atoms with Crippen LogP contribution < -0.4 is 10.6 Å². The highest BCUT2D eigenvalue weighted by Gasteiger charge is 2.18. The van der Waals surface area contributed by atoms with E-state index in [0.717, 1.165) is 4.47 Å². The van der Waals surface area contributed by atoms with Gasteiger partial charge in [0, 0.05) is 22.4 Å². The molecule has 0 radical (unpaired) electrons. The zero-order valence-corrected chi connectivity index (χ0v) is 12.8. The Balaban J connectivity index is 2.83. The second kappa shape index (κ2) is 8.36. The van der Waals surface area contributed by atoms with Crippen molar-refractivity contribution in [2.45, 2.75) is 20.0 Å². The van der Waals surface area contributed by atoms with Gasteiger partial charge in [-0.15, -0.1) is 0 Å². The average molecular weight is 346 g/mol. The number of amides is 2. The molecule has 0 aliphatic heterocycles. The minimum absolute atomic E-state index is 0.231. The van der Waals surface area contributed by atoms with E-state index < -0.39 is 18.4 Å². The van der Waals surface area contributed by atoms with E-state index >= 15 is 0 Å². The summed E-state index contributed by atoms with van der Waals surface area (Å²) in [6.45, 7) is 3.84. The lowest BCUT2D eigenvalue weighted by molar-refractivity contribution is 0.135. The molecular formula is C12H16BrN3O4. The first kappa shape index (κ1) is 16.2. The van der Waals surface area contributed by atoms with Gasteiger partial charge in [-0.1, -0.05) is 0 Å². The number of pyridine rings is 1. The van der Waals surface area contributed by atoms with Crippen LogP contribution in [0.1, 0.15) is 25.6 Å². The number of ether oxygens (including phenoxy) is 2. The van der Waals surface area contributed by atoms with E-state index in [2.05, 4.69) is 31.5 Å². The Bertz CT molecular complexity index is 450. The lowest BCUT2D eigenvalue weighted by Gasteiger charge is -2.19. The van der Waals surface area contributed by atoms with E-state index in [9.17, 15) is 9.59 Å². The molecule has 1 aromatic heterocycles. The smallest absolute Gasteiger partial charge is 0.409 e. The van der Waals surface area contributed by atoms with Gasteiger partial charge in [-0.3, -0.25) is 15.6 Å². The molecule has 8 heteroatoms. The number of hydrogen-bond donors (Lipinski definition) is 2. The third-order valence-corrected chi connectivity index (χ3v) is 2.57. The molecule has 0 aromatic carbocycles. The zero-order valence-electron chi connectivity index (χ0n) is 11.2. The van der Waals surface area contributed by atoms with Crippen molar-refractivity contribution in [1.82, 2.24) is 15.6 Å². The Labute approximate surface area is 125 Å². The monoisotopic (exact) mass is 345 g/mol. The fraction of sp³-hybridized carbons (Fsp3) is 0.417. The number of alkyl carbamates (subject to hydrolysis) is 2. The van der Waals surface area contributed by atoms with Crippen LogP contribution >= 0.6 is 15.9 Å². The van der Waals surface area contributed by atoms with Crippen molar-refractivity contribution in [1.29, 1.82) is 0 Å². The first-order valence-electron chi connectivity index (χ1n) is 6.03. The molecule has 110 valence electrons. The van der Waals surface area contributed by atoms with Crippen LogP contribution in [0.15, 0.2) is 22.9 Å². The summed E-state index contributed by atoms with van der Waals surface area (Å²) in [4.78, 5) is 27.0. The second-order valence-corrected chi connectivity index (χ2v) is 4.51. The predicted octanol–water partition coefficient (Wildman–Crippen LogP) is 2.33. The molecule has 0 saturated heterocycles. The maximum absolute atomic E-state index is 11.5. The summed E-state index contributed by atoms with van der Waals surface area (Å²) in [6, 6.07) is 1.72. The Kier molecular flexibility index (Phi) is 6.78. The van der Waals surface area contributed by atoms with Crippen molar-refractivity contribution in [3.8, 4) is 0 Å². The summed E-state index contributed by atoms with van der Waals surface area (Å²) in [7, 11) is 0. The van der Waals surface area contributed by atoms with Gasteiger partial charge < -0.3 is 9.47 Å². The van der Waals surface area contributed by atoms with Crippen LogP contribution in [0, 0.1) is 0 Å². The van der Waals surface area contributed by atoms with Crippen LogP contribution in [0.4, 0.5) is 9.59 Å². The van der Waals surface area contributed by atoms with E-state index in [1.165, 1.54) is 6.20 Å². The highest BCUT2D eigenvalue weighted by atomic mass is 79.9. The van der Waals surface area contributed by atoms with Crippen molar-refractivity contribution in [3.63, 3.8) is 0 Å². The van der Waals surface area contributed by atoms with E-state index in [1.807, 2.05) is 0 Å². The lowest BCUT2D eigenvalue weighted by Crippen LogP contribution is -2.41. The Hall–Kier alpha value is -1.83. The Morgan fingerprint density at radius 2 is 1.75 bits per heavy atom. The maximum Gasteiger partial charge on any atom is 0.409 e. The molecule has 1 rings (SSSR count). The zero-order chi connectivity index (χ0) is 15.0. The molecule has 2 N–H and O–H groups in total. The standard InChI is InChI=1S/C12H16BrN3O4/c1-3-19-11(17)15-10(16-12(18)20-4-2)8-5-9(13)7-14-6-8/h5-7,10H,3-4H2,1-2H3,(H,15,17)(H,16,18). The van der Waals surface area contributed by atoms with E-state index in [1.54, 1.807) is 26.1 Å². The molecule has 0 spiro atoms. The number of carbonyl (C=O) groups excluding carboxylic acids is 2. The SMILES string of the molecule is CCOC(=O)NC(NC(=O)OCC)c1cncc(Br)c1. The van der Waals surface area contributed by atoms with Crippen LogP contribution in [0.3, 0.4) is 0 Å². The van der Waals surface area contributed by atoms with E-state index in [4.69, 9.17) is 9.47 Å². The fourth-order valence-corrected chi connectivity index (χ4v) is 1.75. The van der Waals surface area contributed by atoms with Gasteiger partial charge in [0.25, 0.3) is 0 Å². The first-order chi connectivity index (χ1) is 9.56. The third kappa shape index (κ3) is 5.43. The molecule has 7 nitrogen and oxygen atoms in total. The Morgan fingerprint density at radius 3 is 2.20 bits per heavy atom. The molecule has 0 aliphatic carbocycles. The summed E-state index contributed by atoms with van der Waals surface area (Å²) in [5, 5.41) is 5.03. The van der Waals surface area contributed by atoms with Crippen molar-refractivity contribution in [2.24, 2.45) is 0 Å². The van der Waals surface area contributed by atoms with Gasteiger partial charge in [0.05, 0.1) is 13.2 Å².